The third-order valence-corrected chi connectivity index (χ3v) is 4.61. The maximum absolute atomic E-state index is 11.7. The number of carboxylic acids is 1. The molecule has 1 atom stereocenters. The van der Waals surface area contributed by atoms with Crippen LogP contribution in [0.4, 0.5) is 0 Å². The third kappa shape index (κ3) is 8.10. The van der Waals surface area contributed by atoms with Crippen LogP contribution in [-0.4, -0.2) is 47.6 Å². The largest absolute Gasteiger partial charge is 0.481 e. The highest BCUT2D eigenvalue weighted by atomic mass is 32.2. The van der Waals surface area contributed by atoms with Crippen molar-refractivity contribution in [2.75, 3.05) is 25.4 Å². The molecule has 1 amide bonds. The minimum Gasteiger partial charge on any atom is -0.481 e. The maximum atomic E-state index is 11.7. The van der Waals surface area contributed by atoms with Crippen molar-refractivity contribution in [3.8, 4) is 0 Å². The fourth-order valence-corrected chi connectivity index (χ4v) is 3.02. The van der Waals surface area contributed by atoms with E-state index >= 15 is 0 Å². The summed E-state index contributed by atoms with van der Waals surface area (Å²) in [7, 11) is 0. The molecule has 3 N–H and O–H groups in total. The van der Waals surface area contributed by atoms with E-state index in [-0.39, 0.29) is 18.2 Å². The van der Waals surface area contributed by atoms with Crippen LogP contribution in [0.25, 0.3) is 0 Å². The van der Waals surface area contributed by atoms with E-state index in [1.807, 2.05) is 6.92 Å². The molecular formula is C13H24N2O3S. The lowest BCUT2D eigenvalue weighted by Crippen LogP contribution is -2.33. The number of carbonyl (C=O) groups is 2. The van der Waals surface area contributed by atoms with Crippen molar-refractivity contribution < 1.29 is 14.7 Å². The van der Waals surface area contributed by atoms with Gasteiger partial charge in [0.2, 0.25) is 5.91 Å². The summed E-state index contributed by atoms with van der Waals surface area (Å²) in [6.45, 7) is 4.62. The van der Waals surface area contributed by atoms with E-state index in [1.54, 1.807) is 11.8 Å². The first-order valence-electron chi connectivity index (χ1n) is 6.88. The Kier molecular flexibility index (Phi) is 7.90. The fraction of sp³-hybridized carbons (Fsp3) is 0.846. The third-order valence-electron chi connectivity index (χ3n) is 3.24. The fourth-order valence-electron chi connectivity index (χ4n) is 1.97. The molecule has 1 aliphatic heterocycles. The van der Waals surface area contributed by atoms with Gasteiger partial charge in [-0.15, -0.1) is 11.8 Å². The van der Waals surface area contributed by atoms with Gasteiger partial charge in [0.25, 0.3) is 0 Å². The molecule has 0 aromatic rings. The number of thioether (sulfide) groups is 1. The van der Waals surface area contributed by atoms with Crippen LogP contribution in [0.3, 0.4) is 0 Å². The Balaban J connectivity index is 2.05. The molecule has 1 heterocycles. The first-order chi connectivity index (χ1) is 9.08. The summed E-state index contributed by atoms with van der Waals surface area (Å²) in [5, 5.41) is 15.3. The first kappa shape index (κ1) is 16.3. The minimum atomic E-state index is -0.778. The second kappa shape index (κ2) is 9.20. The van der Waals surface area contributed by atoms with Crippen molar-refractivity contribution >= 4 is 23.6 Å². The summed E-state index contributed by atoms with van der Waals surface area (Å²) >= 11 is 1.73. The molecule has 0 radical (unpaired) electrons. The Hall–Kier alpha value is -0.750. The van der Waals surface area contributed by atoms with E-state index in [1.165, 1.54) is 0 Å². The van der Waals surface area contributed by atoms with Crippen LogP contribution in [0.1, 0.15) is 32.6 Å². The Labute approximate surface area is 118 Å². The predicted molar refractivity (Wildman–Crippen MR) is 77.4 cm³/mol. The van der Waals surface area contributed by atoms with Gasteiger partial charge in [0.05, 0.1) is 5.75 Å². The van der Waals surface area contributed by atoms with Gasteiger partial charge in [-0.25, -0.2) is 0 Å². The van der Waals surface area contributed by atoms with Gasteiger partial charge in [-0.1, -0.05) is 6.92 Å². The molecule has 0 aromatic heterocycles. The summed E-state index contributed by atoms with van der Waals surface area (Å²) < 4.78 is 0. The molecule has 1 fully saturated rings. The van der Waals surface area contributed by atoms with Crippen molar-refractivity contribution in [3.63, 3.8) is 0 Å². The number of piperidine rings is 1. The van der Waals surface area contributed by atoms with Crippen molar-refractivity contribution in [2.45, 2.75) is 37.9 Å². The Bertz CT molecular complexity index is 294. The van der Waals surface area contributed by atoms with Crippen molar-refractivity contribution in [1.82, 2.24) is 10.6 Å². The molecule has 0 aromatic carbocycles. The number of rotatable bonds is 8. The Morgan fingerprint density at radius 1 is 1.42 bits per heavy atom. The lowest BCUT2D eigenvalue weighted by molar-refractivity contribution is -0.137. The second-order valence-corrected chi connectivity index (χ2v) is 6.39. The van der Waals surface area contributed by atoms with Gasteiger partial charge in [-0.2, -0.15) is 0 Å². The number of nitrogens with one attached hydrogen (secondary N) is 2. The van der Waals surface area contributed by atoms with Crippen LogP contribution in [0, 0.1) is 5.92 Å². The predicted octanol–water partition coefficient (Wildman–Crippen LogP) is 1.09. The van der Waals surface area contributed by atoms with Gasteiger partial charge in [-0.3, -0.25) is 9.59 Å². The summed E-state index contributed by atoms with van der Waals surface area (Å²) in [5.41, 5.74) is 0. The first-order valence-corrected chi connectivity index (χ1v) is 7.93. The SMILES string of the molecule is CC(CCC(=O)O)CNC(=O)CSC1CCNCC1. The number of hydrogen-bond donors (Lipinski definition) is 3. The Morgan fingerprint density at radius 2 is 2.11 bits per heavy atom. The van der Waals surface area contributed by atoms with Gasteiger partial charge in [0.1, 0.15) is 0 Å². The van der Waals surface area contributed by atoms with Crippen LogP contribution in [0.2, 0.25) is 0 Å². The van der Waals surface area contributed by atoms with Crippen molar-refractivity contribution in [3.05, 3.63) is 0 Å². The number of aliphatic carboxylic acids is 1. The average molecular weight is 288 g/mol. The van der Waals surface area contributed by atoms with Gasteiger partial charge >= 0.3 is 5.97 Å². The molecular weight excluding hydrogens is 264 g/mol. The van der Waals surface area contributed by atoms with E-state index in [0.717, 1.165) is 25.9 Å². The zero-order chi connectivity index (χ0) is 14.1. The van der Waals surface area contributed by atoms with Crippen molar-refractivity contribution in [1.29, 1.82) is 0 Å². The smallest absolute Gasteiger partial charge is 0.303 e. The highest BCUT2D eigenvalue weighted by Crippen LogP contribution is 2.19. The lowest BCUT2D eigenvalue weighted by Gasteiger charge is -2.21. The van der Waals surface area contributed by atoms with Crippen LogP contribution in [-0.2, 0) is 9.59 Å². The molecule has 1 aliphatic rings. The van der Waals surface area contributed by atoms with Crippen LogP contribution in [0.15, 0.2) is 0 Å². The standard InChI is InChI=1S/C13H24N2O3S/c1-10(2-3-13(17)18)8-15-12(16)9-19-11-4-6-14-7-5-11/h10-11,14H,2-9H2,1H3,(H,15,16)(H,17,18). The zero-order valence-electron chi connectivity index (χ0n) is 11.5. The van der Waals surface area contributed by atoms with Gasteiger partial charge in [0, 0.05) is 18.2 Å². The van der Waals surface area contributed by atoms with Crippen LogP contribution in [0.5, 0.6) is 0 Å². The molecule has 110 valence electrons. The van der Waals surface area contributed by atoms with Crippen LogP contribution >= 0.6 is 11.8 Å². The molecule has 0 bridgehead atoms. The number of hydrogen-bond acceptors (Lipinski definition) is 4. The molecule has 1 saturated heterocycles. The van der Waals surface area contributed by atoms with E-state index in [4.69, 9.17) is 5.11 Å². The quantitative estimate of drug-likeness (QED) is 0.623. The van der Waals surface area contributed by atoms with Gasteiger partial charge < -0.3 is 15.7 Å². The number of amides is 1. The van der Waals surface area contributed by atoms with E-state index in [0.29, 0.717) is 24.0 Å². The molecule has 1 rings (SSSR count). The molecule has 1 unspecified atom stereocenters. The molecule has 5 nitrogen and oxygen atoms in total. The Morgan fingerprint density at radius 3 is 2.74 bits per heavy atom. The zero-order valence-corrected chi connectivity index (χ0v) is 12.3. The molecule has 6 heteroatoms. The van der Waals surface area contributed by atoms with Gasteiger partial charge in [0.15, 0.2) is 0 Å². The summed E-state index contributed by atoms with van der Waals surface area (Å²) in [4.78, 5) is 22.1. The topological polar surface area (TPSA) is 78.4 Å². The summed E-state index contributed by atoms with van der Waals surface area (Å²) in [6.07, 6.45) is 3.04. The van der Waals surface area contributed by atoms with E-state index in [9.17, 15) is 9.59 Å². The summed E-state index contributed by atoms with van der Waals surface area (Å²) in [6, 6.07) is 0. The van der Waals surface area contributed by atoms with E-state index < -0.39 is 5.97 Å². The maximum Gasteiger partial charge on any atom is 0.303 e. The van der Waals surface area contributed by atoms with Crippen LogP contribution < -0.4 is 10.6 Å². The molecule has 0 saturated carbocycles. The minimum absolute atomic E-state index is 0.0608. The lowest BCUT2D eigenvalue weighted by atomic mass is 10.1. The van der Waals surface area contributed by atoms with Gasteiger partial charge in [-0.05, 0) is 38.3 Å². The highest BCUT2D eigenvalue weighted by Gasteiger charge is 2.15. The average Bonchev–Trinajstić information content (AvgIpc) is 2.41. The molecule has 0 aliphatic carbocycles. The number of carbonyl (C=O) groups excluding carboxylic acids is 1. The molecule has 0 spiro atoms. The normalized spacial score (nSPS) is 17.9. The highest BCUT2D eigenvalue weighted by molar-refractivity contribution is 8.00. The second-order valence-electron chi connectivity index (χ2n) is 5.10. The van der Waals surface area contributed by atoms with Crippen molar-refractivity contribution in [2.24, 2.45) is 5.92 Å². The molecule has 19 heavy (non-hydrogen) atoms. The number of carboxylic acid groups (broad SMARTS) is 1. The summed E-state index contributed by atoms with van der Waals surface area (Å²) in [5.74, 6) is 0.00494. The van der Waals surface area contributed by atoms with E-state index in [2.05, 4.69) is 10.6 Å². The monoisotopic (exact) mass is 288 g/mol.